The lowest BCUT2D eigenvalue weighted by molar-refractivity contribution is 0.0730. The minimum atomic E-state index is -2.63. The molecular weight excluding hydrogens is 296 g/mol. The van der Waals surface area contributed by atoms with Crippen LogP contribution in [0.5, 0.6) is 5.75 Å². The number of para-hydroxylation sites is 1. The second-order valence-electron chi connectivity index (χ2n) is 3.87. The second-order valence-corrected chi connectivity index (χ2v) is 4.90. The predicted octanol–water partition coefficient (Wildman–Crippen LogP) is 4.09. The van der Waals surface area contributed by atoms with E-state index >= 15 is 0 Å². The van der Waals surface area contributed by atoms with Crippen LogP contribution in [0, 0.1) is 11.3 Å². The van der Waals surface area contributed by atoms with E-state index in [2.05, 4.69) is 0 Å². The molecule has 0 saturated heterocycles. The molecule has 0 bridgehead atoms. The van der Waals surface area contributed by atoms with Gasteiger partial charge in [0, 0.05) is 4.90 Å². The van der Waals surface area contributed by atoms with Crippen molar-refractivity contribution in [3.05, 3.63) is 59.7 Å². The number of halogens is 2. The van der Waals surface area contributed by atoms with Crippen LogP contribution < -0.4 is 4.74 Å². The molecule has 0 unspecified atom stereocenters. The van der Waals surface area contributed by atoms with Crippen molar-refractivity contribution in [2.24, 2.45) is 0 Å². The van der Waals surface area contributed by atoms with Crippen molar-refractivity contribution in [3.63, 3.8) is 0 Å². The topological polar surface area (TPSA) is 50.1 Å². The van der Waals surface area contributed by atoms with Crippen LogP contribution in [0.1, 0.15) is 15.9 Å². The van der Waals surface area contributed by atoms with Gasteiger partial charge in [-0.3, -0.25) is 0 Å². The molecule has 2 aromatic carbocycles. The molecule has 0 amide bonds. The highest BCUT2D eigenvalue weighted by Crippen LogP contribution is 2.29. The number of rotatable bonds is 4. The number of benzene rings is 2. The van der Waals surface area contributed by atoms with E-state index in [-0.39, 0.29) is 33.5 Å². The molecule has 0 spiro atoms. The van der Waals surface area contributed by atoms with Gasteiger partial charge in [0.15, 0.2) is 0 Å². The number of thioether (sulfide) groups is 1. The lowest BCUT2D eigenvalue weighted by Gasteiger charge is -2.09. The number of hydrogen-bond donors (Lipinski definition) is 0. The Bertz CT molecular complexity index is 698. The average Bonchev–Trinajstić information content (AvgIpc) is 2.47. The maximum Gasteiger partial charge on any atom is 0.344 e. The largest absolute Gasteiger partial charge is 0.421 e. The van der Waals surface area contributed by atoms with E-state index in [0.717, 1.165) is 0 Å². The minimum Gasteiger partial charge on any atom is -0.421 e. The SMILES string of the molecule is N#Cc1ccccc1OC(=O)c1ccccc1SC(F)F. The van der Waals surface area contributed by atoms with Crippen LogP contribution in [0.3, 0.4) is 0 Å². The Labute approximate surface area is 124 Å². The lowest BCUT2D eigenvalue weighted by Crippen LogP contribution is -2.10. The first-order chi connectivity index (χ1) is 10.1. The molecule has 0 atom stereocenters. The summed E-state index contributed by atoms with van der Waals surface area (Å²) in [5, 5.41) is 8.93. The number of hydrogen-bond acceptors (Lipinski definition) is 4. The molecular formula is C15H9F2NO2S. The molecule has 0 aliphatic rings. The highest BCUT2D eigenvalue weighted by molar-refractivity contribution is 7.99. The van der Waals surface area contributed by atoms with E-state index in [4.69, 9.17) is 10.00 Å². The number of carbonyl (C=O) groups excluding carboxylic acids is 1. The van der Waals surface area contributed by atoms with E-state index in [1.807, 2.05) is 6.07 Å². The van der Waals surface area contributed by atoms with E-state index in [0.29, 0.717) is 0 Å². The van der Waals surface area contributed by atoms with Gasteiger partial charge in [0.2, 0.25) is 0 Å². The molecule has 2 aromatic rings. The molecule has 21 heavy (non-hydrogen) atoms. The average molecular weight is 305 g/mol. The Balaban J connectivity index is 2.27. The number of ether oxygens (including phenoxy) is 1. The van der Waals surface area contributed by atoms with Gasteiger partial charge < -0.3 is 4.74 Å². The zero-order valence-corrected chi connectivity index (χ0v) is 11.4. The van der Waals surface area contributed by atoms with Gasteiger partial charge in [-0.2, -0.15) is 14.0 Å². The van der Waals surface area contributed by atoms with Crippen molar-refractivity contribution in [1.29, 1.82) is 5.26 Å². The molecule has 106 valence electrons. The van der Waals surface area contributed by atoms with Gasteiger partial charge in [0.05, 0.1) is 11.1 Å². The van der Waals surface area contributed by atoms with Crippen LogP contribution in [0.4, 0.5) is 8.78 Å². The van der Waals surface area contributed by atoms with Crippen molar-refractivity contribution in [3.8, 4) is 11.8 Å². The maximum atomic E-state index is 12.5. The summed E-state index contributed by atoms with van der Waals surface area (Å²) in [4.78, 5) is 12.2. The molecule has 0 saturated carbocycles. The van der Waals surface area contributed by atoms with Crippen LogP contribution in [0.25, 0.3) is 0 Å². The molecule has 3 nitrogen and oxygen atoms in total. The standard InChI is InChI=1S/C15H9F2NO2S/c16-15(17)21-13-8-4-2-6-11(13)14(19)20-12-7-3-1-5-10(12)9-18/h1-8,15H. The van der Waals surface area contributed by atoms with Crippen LogP contribution in [0.2, 0.25) is 0 Å². The van der Waals surface area contributed by atoms with Crippen LogP contribution >= 0.6 is 11.8 Å². The molecule has 0 radical (unpaired) electrons. The van der Waals surface area contributed by atoms with E-state index in [9.17, 15) is 13.6 Å². The second kappa shape index (κ2) is 6.86. The fraction of sp³-hybridized carbons (Fsp3) is 0.0667. The number of carbonyl (C=O) groups is 1. The zero-order valence-electron chi connectivity index (χ0n) is 10.6. The summed E-state index contributed by atoms with van der Waals surface area (Å²) in [7, 11) is 0. The Morgan fingerprint density at radius 2 is 1.81 bits per heavy atom. The van der Waals surface area contributed by atoms with Crippen molar-refractivity contribution in [1.82, 2.24) is 0 Å². The highest BCUT2D eigenvalue weighted by Gasteiger charge is 2.17. The normalized spacial score (nSPS) is 10.2. The number of nitrogens with zero attached hydrogens (tertiary/aromatic N) is 1. The summed E-state index contributed by atoms with van der Waals surface area (Å²) < 4.78 is 30.1. The third-order valence-corrected chi connectivity index (χ3v) is 3.32. The summed E-state index contributed by atoms with van der Waals surface area (Å²) in [6, 6.07) is 14.1. The van der Waals surface area contributed by atoms with Gasteiger partial charge in [0.25, 0.3) is 5.76 Å². The van der Waals surface area contributed by atoms with Gasteiger partial charge in [-0.1, -0.05) is 36.0 Å². The molecule has 0 aliphatic carbocycles. The Hall–Kier alpha value is -2.39. The summed E-state index contributed by atoms with van der Waals surface area (Å²) in [6.07, 6.45) is 0. The van der Waals surface area contributed by atoms with Gasteiger partial charge in [-0.25, -0.2) is 4.79 Å². The smallest absolute Gasteiger partial charge is 0.344 e. The molecule has 6 heteroatoms. The molecule has 0 fully saturated rings. The third-order valence-electron chi connectivity index (χ3n) is 2.53. The first-order valence-electron chi connectivity index (χ1n) is 5.87. The van der Waals surface area contributed by atoms with Crippen LogP contribution in [-0.2, 0) is 0 Å². The molecule has 0 heterocycles. The number of esters is 1. The van der Waals surface area contributed by atoms with Crippen LogP contribution in [-0.4, -0.2) is 11.7 Å². The fourth-order valence-corrected chi connectivity index (χ4v) is 2.26. The monoisotopic (exact) mass is 305 g/mol. The summed E-state index contributed by atoms with van der Waals surface area (Å²) in [6.45, 7) is 0. The first-order valence-corrected chi connectivity index (χ1v) is 6.75. The number of nitriles is 1. The van der Waals surface area contributed by atoms with Gasteiger partial charge >= 0.3 is 5.97 Å². The molecule has 0 aromatic heterocycles. The molecule has 0 aliphatic heterocycles. The predicted molar refractivity (Wildman–Crippen MR) is 74.4 cm³/mol. The minimum absolute atomic E-state index is 0.0375. The van der Waals surface area contributed by atoms with Crippen molar-refractivity contribution in [2.45, 2.75) is 10.7 Å². The molecule has 2 rings (SSSR count). The van der Waals surface area contributed by atoms with Gasteiger partial charge in [0.1, 0.15) is 11.8 Å². The quantitative estimate of drug-likeness (QED) is 0.485. The Morgan fingerprint density at radius 1 is 1.14 bits per heavy atom. The highest BCUT2D eigenvalue weighted by atomic mass is 32.2. The summed E-state index contributed by atoms with van der Waals surface area (Å²) >= 11 is 0.275. The van der Waals surface area contributed by atoms with Crippen molar-refractivity contribution in [2.75, 3.05) is 0 Å². The molecule has 0 N–H and O–H groups in total. The fourth-order valence-electron chi connectivity index (χ4n) is 1.64. The van der Waals surface area contributed by atoms with Crippen LogP contribution in [0.15, 0.2) is 53.4 Å². The number of alkyl halides is 2. The van der Waals surface area contributed by atoms with E-state index < -0.39 is 11.7 Å². The van der Waals surface area contributed by atoms with E-state index in [1.165, 1.54) is 24.3 Å². The first kappa shape index (κ1) is 15.0. The summed E-state index contributed by atoms with van der Waals surface area (Å²) in [5.41, 5.74) is 0.236. The van der Waals surface area contributed by atoms with Gasteiger partial charge in [-0.15, -0.1) is 0 Å². The maximum absolute atomic E-state index is 12.5. The van der Waals surface area contributed by atoms with E-state index in [1.54, 1.807) is 24.3 Å². The van der Waals surface area contributed by atoms with Crippen molar-refractivity contribution >= 4 is 17.7 Å². The Morgan fingerprint density at radius 3 is 2.52 bits per heavy atom. The zero-order chi connectivity index (χ0) is 15.2. The van der Waals surface area contributed by atoms with Crippen molar-refractivity contribution < 1.29 is 18.3 Å². The lowest BCUT2D eigenvalue weighted by atomic mass is 10.2. The summed E-state index contributed by atoms with van der Waals surface area (Å²) in [5.74, 6) is -3.31. The van der Waals surface area contributed by atoms with Gasteiger partial charge in [-0.05, 0) is 24.3 Å². The Kier molecular flexibility index (Phi) is 4.90. The third kappa shape index (κ3) is 3.80.